The van der Waals surface area contributed by atoms with E-state index in [4.69, 9.17) is 75.8 Å². The van der Waals surface area contributed by atoms with Crippen LogP contribution < -0.4 is 10.6 Å². The number of amides is 2. The minimum atomic E-state index is -2.56. The first kappa shape index (κ1) is 85.9. The van der Waals surface area contributed by atoms with Gasteiger partial charge in [-0.15, -0.1) is 0 Å². The molecule has 8 saturated heterocycles. The van der Waals surface area contributed by atoms with Crippen LogP contribution in [-0.2, 0) is 85.4 Å². The number of carbonyl (C=O) groups is 2. The molecule has 44 atom stereocenters. The van der Waals surface area contributed by atoms with Gasteiger partial charge >= 0.3 is 0 Å². The van der Waals surface area contributed by atoms with E-state index in [2.05, 4.69) is 10.6 Å². The number of aliphatic hydroxyl groups excluding tert-OH is 25. The van der Waals surface area contributed by atoms with Gasteiger partial charge in [-0.05, 0) is 20.8 Å². The molecule has 0 unspecified atom stereocenters. The molecule has 0 aromatic carbocycles. The maximum Gasteiger partial charge on any atom is 0.217 e. The summed E-state index contributed by atoms with van der Waals surface area (Å²) in [6, 6.07) is -4.02. The fourth-order valence-electron chi connectivity index (χ4n) is 13.1. The molecule has 8 fully saturated rings. The Morgan fingerprint density at radius 2 is 0.670 bits per heavy atom. The monoisotopic (exact) mass is 1510 g/mol. The van der Waals surface area contributed by atoms with Crippen molar-refractivity contribution in [2.75, 3.05) is 46.2 Å². The third-order valence-electron chi connectivity index (χ3n) is 19.1. The minimum absolute atomic E-state index is 0.901. The van der Waals surface area contributed by atoms with Crippen LogP contribution in [0.5, 0.6) is 0 Å². The highest BCUT2D eigenvalue weighted by molar-refractivity contribution is 5.73. The molecule has 45 heteroatoms. The van der Waals surface area contributed by atoms with E-state index in [0.717, 1.165) is 13.8 Å². The van der Waals surface area contributed by atoms with Crippen molar-refractivity contribution in [3.63, 3.8) is 0 Å². The lowest BCUT2D eigenvalue weighted by Crippen LogP contribution is -2.71. The summed E-state index contributed by atoms with van der Waals surface area (Å²) in [6.07, 6.45) is -85.9. The van der Waals surface area contributed by atoms with E-state index in [1.807, 2.05) is 0 Å². The third kappa shape index (κ3) is 19.0. The van der Waals surface area contributed by atoms with Gasteiger partial charge in [-0.2, -0.15) is 0 Å². The van der Waals surface area contributed by atoms with Gasteiger partial charge < -0.3 is 214 Å². The Balaban J connectivity index is 1.20. The van der Waals surface area contributed by atoms with E-state index < -0.39 is 328 Å². The number of ether oxygens (including phenoxy) is 16. The molecule has 0 saturated carbocycles. The Hall–Kier alpha value is -2.70. The van der Waals surface area contributed by atoms with Gasteiger partial charge in [0.25, 0.3) is 0 Å². The topological polar surface area (TPSA) is 712 Å². The van der Waals surface area contributed by atoms with Crippen LogP contribution in [0.1, 0.15) is 34.6 Å². The zero-order chi connectivity index (χ0) is 76.2. The van der Waals surface area contributed by atoms with Crippen LogP contribution >= 0.6 is 0 Å². The highest BCUT2D eigenvalue weighted by Gasteiger charge is 2.61. The Bertz CT molecular complexity index is 2610. The molecular formula is C58H100N2O43. The summed E-state index contributed by atoms with van der Waals surface area (Å²) >= 11 is 0. The SMILES string of the molecule is CC(=O)N[C@H]1[C@H](O[C@H]2[C@@H](O)[C@@H](CO[C@@H]3O[C@H](CO)[C@@H](O[C@@H]4O[C@H](CO)[C@H](O)[C@H](O)[C@H]4O)[C@H](O[C@@H]4O[C@@H](C)[C@@H](O)[C@@H](O)[C@@H]4O)[C@H]3NC(C)=O)O[C@@H](O[C@@H]([C@H](O)[C@@H](O)CO)[C@H](O)CO)[C@@H]2O)O[C@H](CO)[C@@H](O[C@@H]2O[C@@H](C)[C@@H](O)[C@@H](O)[C@@H]2O)[C@@H]1O[C@@H]1O[C@H](CO)[C@H](O)[C@H](O)[C@H]1O[C@@H]1O[C@@H](C)[C@@H](O)[C@@H](O)[C@@H]1O. The lowest BCUT2D eigenvalue weighted by molar-refractivity contribution is -0.400. The second-order valence-electron chi connectivity index (χ2n) is 26.4. The third-order valence-corrected chi connectivity index (χ3v) is 19.1. The molecule has 0 aromatic rings. The smallest absolute Gasteiger partial charge is 0.217 e. The van der Waals surface area contributed by atoms with Gasteiger partial charge in [0.15, 0.2) is 50.3 Å². The molecule has 8 aliphatic rings. The maximum atomic E-state index is 13.6. The number of hydrogen-bond acceptors (Lipinski definition) is 43. The first-order valence-electron chi connectivity index (χ1n) is 33.1. The fourth-order valence-corrected chi connectivity index (χ4v) is 13.1. The van der Waals surface area contributed by atoms with Crippen molar-refractivity contribution in [3.8, 4) is 0 Å². The van der Waals surface area contributed by atoms with Crippen LogP contribution in [0.25, 0.3) is 0 Å². The molecule has 0 aromatic heterocycles. The van der Waals surface area contributed by atoms with Gasteiger partial charge in [-0.25, -0.2) is 0 Å². The van der Waals surface area contributed by atoms with Crippen LogP contribution in [0.15, 0.2) is 0 Å². The predicted octanol–water partition coefficient (Wildman–Crippen LogP) is -17.6. The number of rotatable bonds is 28. The molecule has 8 aliphatic heterocycles. The van der Waals surface area contributed by atoms with E-state index in [-0.39, 0.29) is 0 Å². The largest absolute Gasteiger partial charge is 0.394 e. The summed E-state index contributed by atoms with van der Waals surface area (Å²) in [4.78, 5) is 26.9. The summed E-state index contributed by atoms with van der Waals surface area (Å²) in [5.41, 5.74) is 0. The van der Waals surface area contributed by atoms with Gasteiger partial charge in [0.2, 0.25) is 11.8 Å². The van der Waals surface area contributed by atoms with Crippen molar-refractivity contribution in [2.45, 2.75) is 305 Å². The average Bonchev–Trinajstić information content (AvgIpc) is 0.761. The summed E-state index contributed by atoms with van der Waals surface area (Å²) in [7, 11) is 0. The van der Waals surface area contributed by atoms with Crippen LogP contribution in [0.2, 0.25) is 0 Å². The Morgan fingerprint density at radius 3 is 1.10 bits per heavy atom. The van der Waals surface area contributed by atoms with Crippen molar-refractivity contribution in [1.29, 1.82) is 0 Å². The standard InChI is InChI=1S/C58H100N2O43/c1-13-27(71)34(78)39(83)53(89-13)98-46-23(11-66)95-52(26(60-17(5)68)48(46)101-58-50(38(82)32(76)21(9-64)93-58)103-55-41(85)36(80)29(73)15(3)91-55)102-49-33(77)24(96-57(43(49)87)97-44(19(70)7-62)30(74)18(69)6-61)12-88-51-25(59-16(4)67)47(100-54-40(84)35(79)28(72)14(2)90-54)45(22(10-65)94-51)99-56-42(86)37(81)31(75)20(8-63)92-56/h13-15,18-58,61-66,69-87H,6-12H2,1-5H3,(H,59,67)(H,60,68)/t13-,14-,15-,18-,19+,20+,21+,22+,23+,24+,25+,26+,27+,28+,29+,30+,31-,32-,33-,34+,35+,36+,37-,38-,39-,40-,41-,42+,43+,44+,45+,46+,47+,48+,49-,50+,51+,52-,53-,54-,55-,56-,57-,58-/m0/s1. The van der Waals surface area contributed by atoms with Crippen LogP contribution in [-0.4, -0.2) is 456 Å². The van der Waals surface area contributed by atoms with Gasteiger partial charge in [-0.1, -0.05) is 0 Å². The number of carbonyl (C=O) groups excluding carboxylic acids is 2. The predicted molar refractivity (Wildman–Crippen MR) is 318 cm³/mol. The average molecular weight is 1510 g/mol. The molecule has 8 rings (SSSR count). The summed E-state index contributed by atoms with van der Waals surface area (Å²) in [6.45, 7) is -2.56. The number of aliphatic hydroxyl groups is 25. The van der Waals surface area contributed by atoms with Crippen molar-refractivity contribution in [3.05, 3.63) is 0 Å². The second-order valence-corrected chi connectivity index (χ2v) is 26.4. The molecule has 103 heavy (non-hydrogen) atoms. The Kier molecular flexibility index (Phi) is 31.1. The van der Waals surface area contributed by atoms with Crippen LogP contribution in [0.3, 0.4) is 0 Å². The molecule has 45 nitrogen and oxygen atoms in total. The van der Waals surface area contributed by atoms with Crippen molar-refractivity contribution in [1.82, 2.24) is 10.6 Å². The maximum absolute atomic E-state index is 13.6. The zero-order valence-electron chi connectivity index (χ0n) is 55.9. The molecule has 0 aliphatic carbocycles. The number of hydrogen-bond donors (Lipinski definition) is 27. The van der Waals surface area contributed by atoms with E-state index in [0.29, 0.717) is 0 Å². The summed E-state index contributed by atoms with van der Waals surface area (Å²) in [5, 5.41) is 279. The van der Waals surface area contributed by atoms with Gasteiger partial charge in [0.1, 0.15) is 201 Å². The van der Waals surface area contributed by atoms with Crippen molar-refractivity contribution >= 4 is 11.8 Å². The van der Waals surface area contributed by atoms with E-state index >= 15 is 0 Å². The summed E-state index contributed by atoms with van der Waals surface area (Å²) in [5.74, 6) is -2.00. The van der Waals surface area contributed by atoms with Gasteiger partial charge in [0, 0.05) is 13.8 Å². The number of nitrogens with one attached hydrogen (secondary N) is 2. The molecule has 27 N–H and O–H groups in total. The lowest BCUT2D eigenvalue weighted by atomic mass is 9.93. The molecule has 600 valence electrons. The Labute approximate surface area is 585 Å². The fraction of sp³-hybridized carbons (Fsp3) is 0.966. The van der Waals surface area contributed by atoms with Crippen molar-refractivity contribution in [2.24, 2.45) is 0 Å². The van der Waals surface area contributed by atoms with Gasteiger partial charge in [-0.3, -0.25) is 9.59 Å². The van der Waals surface area contributed by atoms with Crippen LogP contribution in [0.4, 0.5) is 0 Å². The molecule has 0 spiro atoms. The zero-order valence-corrected chi connectivity index (χ0v) is 55.9. The minimum Gasteiger partial charge on any atom is -0.394 e. The van der Waals surface area contributed by atoms with Crippen LogP contribution in [0, 0.1) is 0 Å². The van der Waals surface area contributed by atoms with E-state index in [9.17, 15) is 137 Å². The quantitative estimate of drug-likeness (QED) is 0.0346. The molecular weight excluding hydrogens is 1410 g/mol. The molecule has 2 amide bonds. The summed E-state index contributed by atoms with van der Waals surface area (Å²) < 4.78 is 96.2. The van der Waals surface area contributed by atoms with Gasteiger partial charge in [0.05, 0.1) is 64.6 Å². The lowest BCUT2D eigenvalue weighted by Gasteiger charge is -2.52. The van der Waals surface area contributed by atoms with E-state index in [1.54, 1.807) is 0 Å². The molecule has 0 bridgehead atoms. The second kappa shape index (κ2) is 37.3. The molecule has 8 heterocycles. The first-order valence-corrected chi connectivity index (χ1v) is 33.1. The highest BCUT2D eigenvalue weighted by Crippen LogP contribution is 2.40. The van der Waals surface area contributed by atoms with E-state index in [1.165, 1.54) is 20.8 Å². The molecule has 0 radical (unpaired) electrons. The normalized spacial score (nSPS) is 49.1. The Morgan fingerprint density at radius 1 is 0.330 bits per heavy atom. The van der Waals surface area contributed by atoms with Crippen molar-refractivity contribution < 1.29 is 213 Å². The highest BCUT2D eigenvalue weighted by atomic mass is 16.8. The first-order chi connectivity index (χ1) is 48.6.